The lowest BCUT2D eigenvalue weighted by Gasteiger charge is -2.01. The summed E-state index contributed by atoms with van der Waals surface area (Å²) in [7, 11) is 0. The fraction of sp³-hybridized carbons (Fsp3) is 0.429. The highest BCUT2D eigenvalue weighted by molar-refractivity contribution is 7.98. The number of hydrogen-bond donors (Lipinski definition) is 0. The van der Waals surface area contributed by atoms with Crippen LogP contribution in [0, 0.1) is 24.0 Å². The average molecular weight is 199 g/mol. The zero-order chi connectivity index (χ0) is 10.0. The van der Waals surface area contributed by atoms with Crippen molar-refractivity contribution < 1.29 is 4.92 Å². The van der Waals surface area contributed by atoms with Crippen molar-refractivity contribution in [3.05, 3.63) is 21.5 Å². The molecule has 0 saturated carbocycles. The summed E-state index contributed by atoms with van der Waals surface area (Å²) in [6.07, 6.45) is 1.83. The van der Waals surface area contributed by atoms with Crippen molar-refractivity contribution in [1.82, 2.24) is 9.97 Å². The molecule has 0 radical (unpaired) electrons. The maximum Gasteiger partial charge on any atom is 0.311 e. The Balaban J connectivity index is 3.31. The molecule has 0 aromatic carbocycles. The molecule has 0 N–H and O–H groups in total. The van der Waals surface area contributed by atoms with E-state index in [-0.39, 0.29) is 5.69 Å². The first-order chi connectivity index (χ1) is 6.06. The summed E-state index contributed by atoms with van der Waals surface area (Å²) >= 11 is 1.37. The van der Waals surface area contributed by atoms with Crippen LogP contribution in [0.15, 0.2) is 5.16 Å². The van der Waals surface area contributed by atoms with Gasteiger partial charge in [-0.1, -0.05) is 11.8 Å². The van der Waals surface area contributed by atoms with E-state index in [9.17, 15) is 10.1 Å². The molecule has 0 aliphatic rings. The van der Waals surface area contributed by atoms with Crippen LogP contribution in [0.1, 0.15) is 11.4 Å². The second kappa shape index (κ2) is 3.69. The zero-order valence-corrected chi connectivity index (χ0v) is 8.38. The van der Waals surface area contributed by atoms with Crippen LogP contribution in [0.4, 0.5) is 5.69 Å². The van der Waals surface area contributed by atoms with Crippen LogP contribution >= 0.6 is 11.8 Å². The Labute approximate surface area is 79.7 Å². The summed E-state index contributed by atoms with van der Waals surface area (Å²) in [5.41, 5.74) is 0.849. The molecule has 1 rings (SSSR count). The molecule has 0 aliphatic carbocycles. The maximum absolute atomic E-state index is 10.6. The lowest BCUT2D eigenvalue weighted by molar-refractivity contribution is -0.386. The molecule has 5 nitrogen and oxygen atoms in total. The van der Waals surface area contributed by atoms with Gasteiger partial charge in [-0.05, 0) is 20.1 Å². The van der Waals surface area contributed by atoms with Crippen molar-refractivity contribution in [1.29, 1.82) is 0 Å². The van der Waals surface area contributed by atoms with Gasteiger partial charge < -0.3 is 0 Å². The SMILES string of the molecule is CSc1nc(C)c([N+](=O)[O-])c(C)n1. The lowest BCUT2D eigenvalue weighted by Crippen LogP contribution is -2.01. The molecule has 6 heteroatoms. The van der Waals surface area contributed by atoms with Crippen molar-refractivity contribution in [2.75, 3.05) is 6.26 Å². The zero-order valence-electron chi connectivity index (χ0n) is 7.57. The van der Waals surface area contributed by atoms with Gasteiger partial charge in [0, 0.05) is 0 Å². The van der Waals surface area contributed by atoms with Crippen molar-refractivity contribution in [3.63, 3.8) is 0 Å². The molecule has 13 heavy (non-hydrogen) atoms. The van der Waals surface area contributed by atoms with Crippen molar-refractivity contribution in [2.45, 2.75) is 19.0 Å². The summed E-state index contributed by atoms with van der Waals surface area (Å²) in [5, 5.41) is 11.1. The molecule has 1 aromatic rings. The quantitative estimate of drug-likeness (QED) is 0.314. The highest BCUT2D eigenvalue weighted by Crippen LogP contribution is 2.21. The Morgan fingerprint density at radius 2 is 1.77 bits per heavy atom. The molecular weight excluding hydrogens is 190 g/mol. The van der Waals surface area contributed by atoms with Crippen molar-refractivity contribution in [2.24, 2.45) is 0 Å². The Hall–Kier alpha value is -1.17. The van der Waals surface area contributed by atoms with E-state index in [1.807, 2.05) is 6.26 Å². The van der Waals surface area contributed by atoms with E-state index < -0.39 is 4.92 Å². The number of nitro groups is 1. The number of rotatable bonds is 2. The van der Waals surface area contributed by atoms with E-state index in [1.54, 1.807) is 13.8 Å². The molecule has 1 aromatic heterocycles. The maximum atomic E-state index is 10.6. The van der Waals surface area contributed by atoms with Gasteiger partial charge in [-0.15, -0.1) is 0 Å². The minimum Gasteiger partial charge on any atom is -0.258 e. The van der Waals surface area contributed by atoms with Gasteiger partial charge in [0.05, 0.1) is 4.92 Å². The van der Waals surface area contributed by atoms with Crippen molar-refractivity contribution in [3.8, 4) is 0 Å². The largest absolute Gasteiger partial charge is 0.311 e. The van der Waals surface area contributed by atoms with E-state index in [4.69, 9.17) is 0 Å². The lowest BCUT2D eigenvalue weighted by atomic mass is 10.3. The van der Waals surface area contributed by atoms with Gasteiger partial charge in [-0.2, -0.15) is 0 Å². The predicted molar refractivity (Wildman–Crippen MR) is 49.9 cm³/mol. The molecule has 0 unspecified atom stereocenters. The van der Waals surface area contributed by atoms with Crippen LogP contribution in [-0.2, 0) is 0 Å². The highest BCUT2D eigenvalue weighted by atomic mass is 32.2. The molecule has 0 aliphatic heterocycles. The smallest absolute Gasteiger partial charge is 0.258 e. The van der Waals surface area contributed by atoms with Crippen molar-refractivity contribution >= 4 is 17.4 Å². The molecular formula is C7H9N3O2S. The number of thioether (sulfide) groups is 1. The van der Waals surface area contributed by atoms with Crippen LogP contribution in [0.3, 0.4) is 0 Å². The molecule has 0 saturated heterocycles. The molecule has 0 atom stereocenters. The van der Waals surface area contributed by atoms with Gasteiger partial charge in [0.1, 0.15) is 11.4 Å². The average Bonchev–Trinajstić information content (AvgIpc) is 2.02. The Morgan fingerprint density at radius 1 is 1.31 bits per heavy atom. The molecule has 70 valence electrons. The Morgan fingerprint density at radius 3 is 2.08 bits per heavy atom. The number of nitrogens with zero attached hydrogens (tertiary/aromatic N) is 3. The normalized spacial score (nSPS) is 10.1. The summed E-state index contributed by atoms with van der Waals surface area (Å²) < 4.78 is 0. The predicted octanol–water partition coefficient (Wildman–Crippen LogP) is 1.72. The topological polar surface area (TPSA) is 68.9 Å². The minimum atomic E-state index is -0.450. The molecule has 0 spiro atoms. The van der Waals surface area contributed by atoms with Crippen LogP contribution < -0.4 is 0 Å². The molecule has 0 bridgehead atoms. The number of aromatic nitrogens is 2. The summed E-state index contributed by atoms with van der Waals surface area (Å²) in [6.45, 7) is 3.24. The first-order valence-electron chi connectivity index (χ1n) is 3.60. The summed E-state index contributed by atoms with van der Waals surface area (Å²) in [6, 6.07) is 0. The Kier molecular flexibility index (Phi) is 2.82. The molecule has 0 fully saturated rings. The van der Waals surface area contributed by atoms with Gasteiger partial charge in [-0.3, -0.25) is 10.1 Å². The summed E-state index contributed by atoms with van der Waals surface area (Å²) in [4.78, 5) is 18.1. The fourth-order valence-corrected chi connectivity index (χ4v) is 1.49. The van der Waals surface area contributed by atoms with E-state index >= 15 is 0 Å². The second-order valence-electron chi connectivity index (χ2n) is 2.49. The van der Waals surface area contributed by atoms with E-state index in [1.165, 1.54) is 11.8 Å². The van der Waals surface area contributed by atoms with E-state index in [2.05, 4.69) is 9.97 Å². The van der Waals surface area contributed by atoms with Crippen LogP contribution in [0.5, 0.6) is 0 Å². The highest BCUT2D eigenvalue weighted by Gasteiger charge is 2.17. The Bertz CT molecular complexity index is 331. The van der Waals surface area contributed by atoms with Crippen LogP contribution in [0.25, 0.3) is 0 Å². The van der Waals surface area contributed by atoms with Gasteiger partial charge in [-0.25, -0.2) is 9.97 Å². The third kappa shape index (κ3) is 1.95. The van der Waals surface area contributed by atoms with Gasteiger partial charge in [0.15, 0.2) is 5.16 Å². The van der Waals surface area contributed by atoms with Gasteiger partial charge >= 0.3 is 5.69 Å². The molecule has 0 amide bonds. The van der Waals surface area contributed by atoms with E-state index in [0.29, 0.717) is 16.5 Å². The third-order valence-corrected chi connectivity index (χ3v) is 2.12. The monoisotopic (exact) mass is 199 g/mol. The van der Waals surface area contributed by atoms with Gasteiger partial charge in [0.2, 0.25) is 0 Å². The van der Waals surface area contributed by atoms with Crippen LogP contribution in [0.2, 0.25) is 0 Å². The molecule has 1 heterocycles. The first-order valence-corrected chi connectivity index (χ1v) is 4.82. The first kappa shape index (κ1) is 9.91. The number of hydrogen-bond acceptors (Lipinski definition) is 5. The minimum absolute atomic E-state index is 0.0119. The van der Waals surface area contributed by atoms with E-state index in [0.717, 1.165) is 0 Å². The standard InChI is InChI=1S/C7H9N3O2S/c1-4-6(10(11)12)5(2)9-7(8-4)13-3/h1-3H3. The third-order valence-electron chi connectivity index (χ3n) is 1.58. The second-order valence-corrected chi connectivity index (χ2v) is 3.26. The fourth-order valence-electron chi connectivity index (χ4n) is 1.04. The summed E-state index contributed by atoms with van der Waals surface area (Å²) in [5.74, 6) is 0. The van der Waals surface area contributed by atoms with Gasteiger partial charge in [0.25, 0.3) is 0 Å². The van der Waals surface area contributed by atoms with Crippen LogP contribution in [-0.4, -0.2) is 21.1 Å². The number of aryl methyl sites for hydroxylation is 2.